The Labute approximate surface area is 150 Å². The van der Waals surface area contributed by atoms with Gasteiger partial charge in [0.2, 0.25) is 0 Å². The first-order valence-electron chi connectivity index (χ1n) is 9.19. The smallest absolute Gasteiger partial charge is 0.0114 e. The van der Waals surface area contributed by atoms with E-state index in [4.69, 9.17) is 0 Å². The highest BCUT2D eigenvalue weighted by Crippen LogP contribution is 2.34. The van der Waals surface area contributed by atoms with Crippen molar-refractivity contribution in [3.8, 4) is 0 Å². The van der Waals surface area contributed by atoms with Crippen LogP contribution in [0.15, 0.2) is 72.8 Å². The zero-order valence-electron chi connectivity index (χ0n) is 15.0. The third-order valence-corrected chi connectivity index (χ3v) is 5.42. The lowest BCUT2D eigenvalue weighted by molar-refractivity contribution is 0.825. The molecule has 0 saturated carbocycles. The Kier molecular flexibility index (Phi) is 4.28. The fourth-order valence-corrected chi connectivity index (χ4v) is 4.11. The van der Waals surface area contributed by atoms with Crippen LogP contribution in [-0.2, 0) is 12.8 Å². The van der Waals surface area contributed by atoms with Crippen molar-refractivity contribution in [3.63, 3.8) is 0 Å². The largest absolute Gasteiger partial charge is 0.0622 e. The first kappa shape index (κ1) is 15.9. The van der Waals surface area contributed by atoms with Gasteiger partial charge >= 0.3 is 0 Å². The van der Waals surface area contributed by atoms with Crippen LogP contribution >= 0.6 is 0 Å². The molecule has 0 spiro atoms. The van der Waals surface area contributed by atoms with E-state index in [2.05, 4.69) is 86.6 Å². The van der Waals surface area contributed by atoms with Crippen LogP contribution in [-0.4, -0.2) is 0 Å². The Hall–Kier alpha value is -2.60. The Morgan fingerprint density at radius 2 is 1.20 bits per heavy atom. The maximum atomic E-state index is 2.31. The molecule has 0 unspecified atom stereocenters. The molecule has 25 heavy (non-hydrogen) atoms. The molecule has 0 nitrogen and oxygen atoms in total. The SMILES string of the molecule is Cc1c2ccccc2c(C)c2c(CCCc3ccccc3)cccc12. The van der Waals surface area contributed by atoms with Gasteiger partial charge < -0.3 is 0 Å². The number of hydrogen-bond donors (Lipinski definition) is 0. The van der Waals surface area contributed by atoms with Crippen molar-refractivity contribution in [2.75, 3.05) is 0 Å². The molecule has 0 N–H and O–H groups in total. The van der Waals surface area contributed by atoms with Gasteiger partial charge in [0.15, 0.2) is 0 Å². The van der Waals surface area contributed by atoms with E-state index in [1.807, 2.05) is 0 Å². The first-order valence-corrected chi connectivity index (χ1v) is 9.19. The molecule has 0 aromatic heterocycles. The van der Waals surface area contributed by atoms with E-state index in [9.17, 15) is 0 Å². The summed E-state index contributed by atoms with van der Waals surface area (Å²) in [6.45, 7) is 4.54. The molecule has 0 bridgehead atoms. The van der Waals surface area contributed by atoms with Crippen molar-refractivity contribution < 1.29 is 0 Å². The van der Waals surface area contributed by atoms with Crippen LogP contribution in [0.4, 0.5) is 0 Å². The molecular formula is C25H24. The van der Waals surface area contributed by atoms with E-state index in [-0.39, 0.29) is 0 Å². The van der Waals surface area contributed by atoms with Gasteiger partial charge in [-0.2, -0.15) is 0 Å². The maximum Gasteiger partial charge on any atom is -0.0114 e. The molecule has 0 heteroatoms. The summed E-state index contributed by atoms with van der Waals surface area (Å²) in [6, 6.07) is 26.4. The van der Waals surface area contributed by atoms with Crippen molar-refractivity contribution in [2.45, 2.75) is 33.1 Å². The molecule has 0 fully saturated rings. The average molecular weight is 324 g/mol. The van der Waals surface area contributed by atoms with Crippen molar-refractivity contribution in [1.82, 2.24) is 0 Å². The summed E-state index contributed by atoms with van der Waals surface area (Å²) in [6.07, 6.45) is 3.46. The molecule has 0 aliphatic carbocycles. The van der Waals surface area contributed by atoms with Gasteiger partial charge in [-0.15, -0.1) is 0 Å². The molecule has 4 rings (SSSR count). The lowest BCUT2D eigenvalue weighted by atomic mass is 9.89. The summed E-state index contributed by atoms with van der Waals surface area (Å²) in [5, 5.41) is 5.65. The van der Waals surface area contributed by atoms with Gasteiger partial charge in [0.05, 0.1) is 0 Å². The van der Waals surface area contributed by atoms with Crippen molar-refractivity contribution in [2.24, 2.45) is 0 Å². The highest BCUT2D eigenvalue weighted by atomic mass is 14.2. The lowest BCUT2D eigenvalue weighted by Crippen LogP contribution is -1.95. The molecule has 0 radical (unpaired) electrons. The first-order chi connectivity index (χ1) is 12.3. The van der Waals surface area contributed by atoms with Gasteiger partial charge in [-0.3, -0.25) is 0 Å². The Balaban J connectivity index is 1.74. The minimum atomic E-state index is 1.13. The normalized spacial score (nSPS) is 11.3. The molecule has 0 aliphatic heterocycles. The van der Waals surface area contributed by atoms with E-state index >= 15 is 0 Å². The van der Waals surface area contributed by atoms with E-state index in [1.54, 1.807) is 0 Å². The molecule has 0 amide bonds. The van der Waals surface area contributed by atoms with Crippen molar-refractivity contribution in [1.29, 1.82) is 0 Å². The van der Waals surface area contributed by atoms with Gasteiger partial charge in [-0.05, 0) is 76.9 Å². The summed E-state index contributed by atoms with van der Waals surface area (Å²) in [5.74, 6) is 0. The van der Waals surface area contributed by atoms with Crippen LogP contribution < -0.4 is 0 Å². The Bertz CT molecular complexity index is 1030. The van der Waals surface area contributed by atoms with E-state index < -0.39 is 0 Å². The summed E-state index contributed by atoms with van der Waals surface area (Å²) in [7, 11) is 0. The molecule has 124 valence electrons. The fraction of sp³-hybridized carbons (Fsp3) is 0.200. The number of rotatable bonds is 4. The number of benzene rings is 4. The molecule has 0 aliphatic rings. The maximum absolute atomic E-state index is 2.31. The van der Waals surface area contributed by atoms with E-state index in [0.29, 0.717) is 0 Å². The van der Waals surface area contributed by atoms with Crippen LogP contribution in [0.2, 0.25) is 0 Å². The predicted octanol–water partition coefficient (Wildman–Crippen LogP) is 6.79. The van der Waals surface area contributed by atoms with Crippen LogP contribution in [0.1, 0.15) is 28.7 Å². The molecule has 4 aromatic carbocycles. The molecule has 0 saturated heterocycles. The summed E-state index contributed by atoms with van der Waals surface area (Å²) in [5.41, 5.74) is 5.74. The third-order valence-electron chi connectivity index (χ3n) is 5.42. The highest BCUT2D eigenvalue weighted by Gasteiger charge is 2.11. The summed E-state index contributed by atoms with van der Waals surface area (Å²) >= 11 is 0. The van der Waals surface area contributed by atoms with E-state index in [1.165, 1.54) is 50.2 Å². The zero-order valence-corrected chi connectivity index (χ0v) is 15.0. The monoisotopic (exact) mass is 324 g/mol. The quantitative estimate of drug-likeness (QED) is 0.363. The van der Waals surface area contributed by atoms with Crippen LogP contribution in [0, 0.1) is 13.8 Å². The van der Waals surface area contributed by atoms with E-state index in [0.717, 1.165) is 12.8 Å². The lowest BCUT2D eigenvalue weighted by Gasteiger charge is -2.15. The van der Waals surface area contributed by atoms with Gasteiger partial charge in [0.1, 0.15) is 0 Å². The topological polar surface area (TPSA) is 0 Å². The minimum Gasteiger partial charge on any atom is -0.0622 e. The molecule has 0 heterocycles. The predicted molar refractivity (Wildman–Crippen MR) is 109 cm³/mol. The van der Waals surface area contributed by atoms with Crippen molar-refractivity contribution in [3.05, 3.63) is 95.1 Å². The molecular weight excluding hydrogens is 300 g/mol. The second-order valence-corrected chi connectivity index (χ2v) is 6.97. The zero-order chi connectivity index (χ0) is 17.2. The van der Waals surface area contributed by atoms with Crippen LogP contribution in [0.3, 0.4) is 0 Å². The number of fused-ring (bicyclic) bond motifs is 2. The highest BCUT2D eigenvalue weighted by molar-refractivity contribution is 6.06. The van der Waals surface area contributed by atoms with Gasteiger partial charge in [0.25, 0.3) is 0 Å². The Morgan fingerprint density at radius 1 is 0.560 bits per heavy atom. The van der Waals surface area contributed by atoms with Gasteiger partial charge in [0, 0.05) is 0 Å². The van der Waals surface area contributed by atoms with Crippen LogP contribution in [0.25, 0.3) is 21.5 Å². The number of aryl methyl sites for hydroxylation is 4. The molecule has 4 aromatic rings. The number of hydrogen-bond acceptors (Lipinski definition) is 0. The van der Waals surface area contributed by atoms with Gasteiger partial charge in [-0.1, -0.05) is 72.8 Å². The third kappa shape index (κ3) is 2.93. The fourth-order valence-electron chi connectivity index (χ4n) is 4.11. The Morgan fingerprint density at radius 3 is 1.96 bits per heavy atom. The van der Waals surface area contributed by atoms with Crippen LogP contribution in [0.5, 0.6) is 0 Å². The second kappa shape index (κ2) is 6.72. The van der Waals surface area contributed by atoms with Crippen molar-refractivity contribution >= 4 is 21.5 Å². The summed E-state index contributed by atoms with van der Waals surface area (Å²) < 4.78 is 0. The minimum absolute atomic E-state index is 1.13. The standard InChI is InChI=1S/C25H24/c1-18-22-15-6-7-16-23(22)19(2)25-21(14-9-17-24(18)25)13-8-12-20-10-4-3-5-11-20/h3-7,9-11,14-17H,8,12-13H2,1-2H3. The van der Waals surface area contributed by atoms with Gasteiger partial charge in [-0.25, -0.2) is 0 Å². The molecule has 0 atom stereocenters. The average Bonchev–Trinajstić information content (AvgIpc) is 2.67. The summed E-state index contributed by atoms with van der Waals surface area (Å²) in [4.78, 5) is 0. The second-order valence-electron chi connectivity index (χ2n) is 6.97.